The normalized spacial score (nSPS) is 13.4. The number of benzene rings is 2. The van der Waals surface area contributed by atoms with E-state index in [1.165, 1.54) is 0 Å². The van der Waals surface area contributed by atoms with Gasteiger partial charge >= 0.3 is 6.03 Å². The summed E-state index contributed by atoms with van der Waals surface area (Å²) < 4.78 is 5.79. The first-order valence-corrected chi connectivity index (χ1v) is 10.6. The van der Waals surface area contributed by atoms with Crippen LogP contribution in [0.4, 0.5) is 16.2 Å². The number of hydrogen-bond acceptors (Lipinski definition) is 3. The largest absolute Gasteiger partial charge is 0.494 e. The molecule has 0 unspecified atom stereocenters. The second-order valence-corrected chi connectivity index (χ2v) is 7.75. The Bertz CT molecular complexity index is 904. The van der Waals surface area contributed by atoms with Crippen LogP contribution in [0, 0.1) is 0 Å². The molecule has 0 saturated carbocycles. The van der Waals surface area contributed by atoms with Crippen molar-refractivity contribution >= 4 is 46.3 Å². The summed E-state index contributed by atoms with van der Waals surface area (Å²) in [4.78, 5) is 16.2. The molecule has 6 nitrogen and oxygen atoms in total. The van der Waals surface area contributed by atoms with Crippen molar-refractivity contribution in [3.05, 3.63) is 65.8 Å². The number of anilines is 2. The van der Waals surface area contributed by atoms with Crippen LogP contribution in [0.5, 0.6) is 5.75 Å². The number of urea groups is 1. The van der Waals surface area contributed by atoms with Crippen molar-refractivity contribution in [2.24, 2.45) is 5.73 Å². The highest BCUT2D eigenvalue weighted by atomic mass is 35.5. The number of carbonyl (C=O) groups excluding carboxylic acids is 1. The van der Waals surface area contributed by atoms with Gasteiger partial charge in [0.2, 0.25) is 0 Å². The minimum absolute atomic E-state index is 0.0156. The molecule has 0 bridgehead atoms. The first kappa shape index (κ1) is 21.9. The molecule has 0 atom stereocenters. The Labute approximate surface area is 187 Å². The molecular formula is C22H25ClN4O2S. The van der Waals surface area contributed by atoms with Gasteiger partial charge in [-0.25, -0.2) is 4.79 Å². The Morgan fingerprint density at radius 3 is 2.73 bits per heavy atom. The molecule has 2 amide bonds. The summed E-state index contributed by atoms with van der Waals surface area (Å²) in [5, 5.41) is 3.77. The third-order valence-corrected chi connectivity index (χ3v) is 4.96. The van der Waals surface area contributed by atoms with Gasteiger partial charge in [0, 0.05) is 41.8 Å². The summed E-state index contributed by atoms with van der Waals surface area (Å²) in [6.45, 7) is 1.84. The molecule has 0 aliphatic carbocycles. The lowest BCUT2D eigenvalue weighted by atomic mass is 10.2. The summed E-state index contributed by atoms with van der Waals surface area (Å²) in [7, 11) is 0. The molecule has 2 aromatic rings. The number of carbonyl (C=O) groups is 1. The molecule has 1 heterocycles. The van der Waals surface area contributed by atoms with Crippen LogP contribution in [0.25, 0.3) is 0 Å². The smallest absolute Gasteiger partial charge is 0.328 e. The standard InChI is InChI=1S/C22H25ClN4O2S/c23-17-8-10-19(11-9-17)27-14-5-13-26(22(27)28)12-2-1-3-15-29-20-7-4-6-18(16-20)25-21(24)30/h4-11,13,16H,1-3,12,14-15H2,(H3,24,25,30). The SMILES string of the molecule is NC(=S)Nc1cccc(OCCCCCN2C=CCN(c3ccc(Cl)cc3)C2=O)c1. The Balaban J connectivity index is 1.38. The quantitative estimate of drug-likeness (QED) is 0.420. The molecule has 158 valence electrons. The number of nitrogens with zero attached hydrogens (tertiary/aromatic N) is 2. The zero-order chi connectivity index (χ0) is 21.3. The van der Waals surface area contributed by atoms with E-state index in [4.69, 9.17) is 34.3 Å². The highest BCUT2D eigenvalue weighted by Crippen LogP contribution is 2.22. The minimum atomic E-state index is -0.0156. The number of amides is 2. The van der Waals surface area contributed by atoms with Crippen molar-refractivity contribution in [2.75, 3.05) is 29.9 Å². The van der Waals surface area contributed by atoms with Crippen molar-refractivity contribution < 1.29 is 9.53 Å². The lowest BCUT2D eigenvalue weighted by Gasteiger charge is -2.31. The number of thiocarbonyl (C=S) groups is 1. The Morgan fingerprint density at radius 1 is 1.17 bits per heavy atom. The van der Waals surface area contributed by atoms with E-state index in [-0.39, 0.29) is 11.1 Å². The summed E-state index contributed by atoms with van der Waals surface area (Å²) >= 11 is 10.8. The number of halogens is 1. The van der Waals surface area contributed by atoms with Crippen LogP contribution in [0.2, 0.25) is 5.02 Å². The van der Waals surface area contributed by atoms with Crippen LogP contribution in [0.15, 0.2) is 60.8 Å². The molecular weight excluding hydrogens is 420 g/mol. The third-order valence-electron chi connectivity index (χ3n) is 4.60. The molecule has 1 aliphatic rings. The van der Waals surface area contributed by atoms with Crippen molar-refractivity contribution in [3.63, 3.8) is 0 Å². The van der Waals surface area contributed by atoms with E-state index in [9.17, 15) is 4.79 Å². The maximum Gasteiger partial charge on any atom is 0.328 e. The van der Waals surface area contributed by atoms with Crippen LogP contribution >= 0.6 is 23.8 Å². The fraction of sp³-hybridized carbons (Fsp3) is 0.273. The monoisotopic (exact) mass is 444 g/mol. The average molecular weight is 445 g/mol. The van der Waals surface area contributed by atoms with E-state index in [2.05, 4.69) is 5.32 Å². The third kappa shape index (κ3) is 6.37. The lowest BCUT2D eigenvalue weighted by molar-refractivity contribution is 0.219. The minimum Gasteiger partial charge on any atom is -0.494 e. The number of rotatable bonds is 9. The lowest BCUT2D eigenvalue weighted by Crippen LogP contribution is -2.44. The second kappa shape index (κ2) is 10.8. The zero-order valence-electron chi connectivity index (χ0n) is 16.6. The molecule has 30 heavy (non-hydrogen) atoms. The van der Waals surface area contributed by atoms with Crippen molar-refractivity contribution in [1.29, 1.82) is 0 Å². The fourth-order valence-corrected chi connectivity index (χ4v) is 3.38. The molecule has 1 aliphatic heterocycles. The van der Waals surface area contributed by atoms with Gasteiger partial charge in [-0.3, -0.25) is 4.90 Å². The highest BCUT2D eigenvalue weighted by Gasteiger charge is 2.22. The van der Waals surface area contributed by atoms with Gasteiger partial charge in [-0.2, -0.15) is 0 Å². The number of nitrogens with two attached hydrogens (primary N) is 1. The first-order chi connectivity index (χ1) is 14.5. The molecule has 3 rings (SSSR count). The van der Waals surface area contributed by atoms with Crippen molar-refractivity contribution in [1.82, 2.24) is 4.90 Å². The van der Waals surface area contributed by atoms with Gasteiger partial charge in [0.1, 0.15) is 5.75 Å². The predicted octanol–water partition coefficient (Wildman–Crippen LogP) is 5.00. The molecule has 0 saturated heterocycles. The van der Waals surface area contributed by atoms with Gasteiger partial charge in [-0.05, 0) is 74.0 Å². The zero-order valence-corrected chi connectivity index (χ0v) is 18.2. The van der Waals surface area contributed by atoms with Crippen LogP contribution in [0.3, 0.4) is 0 Å². The number of hydrogen-bond donors (Lipinski definition) is 2. The van der Waals surface area contributed by atoms with Gasteiger partial charge < -0.3 is 20.7 Å². The van der Waals surface area contributed by atoms with Crippen molar-refractivity contribution in [2.45, 2.75) is 19.3 Å². The van der Waals surface area contributed by atoms with Gasteiger partial charge in [0.25, 0.3) is 0 Å². The summed E-state index contributed by atoms with van der Waals surface area (Å²) in [5.74, 6) is 0.768. The molecule has 0 fully saturated rings. The van der Waals surface area contributed by atoms with Crippen LogP contribution < -0.4 is 20.7 Å². The van der Waals surface area contributed by atoms with E-state index < -0.39 is 0 Å². The van der Waals surface area contributed by atoms with Crippen LogP contribution in [0.1, 0.15) is 19.3 Å². The van der Waals surface area contributed by atoms with Gasteiger partial charge in [-0.15, -0.1) is 0 Å². The number of unbranched alkanes of at least 4 members (excludes halogenated alkanes) is 2. The van der Waals surface area contributed by atoms with Crippen molar-refractivity contribution in [3.8, 4) is 5.75 Å². The highest BCUT2D eigenvalue weighted by molar-refractivity contribution is 7.80. The summed E-state index contributed by atoms with van der Waals surface area (Å²) in [6, 6.07) is 14.8. The van der Waals surface area contributed by atoms with Crippen LogP contribution in [-0.2, 0) is 0 Å². The van der Waals surface area contributed by atoms with E-state index >= 15 is 0 Å². The maximum atomic E-state index is 12.7. The van der Waals surface area contributed by atoms with Gasteiger partial charge in [0.15, 0.2) is 5.11 Å². The van der Waals surface area contributed by atoms with Crippen LogP contribution in [-0.4, -0.2) is 35.7 Å². The van der Waals surface area contributed by atoms with E-state index in [1.54, 1.807) is 21.9 Å². The van der Waals surface area contributed by atoms with E-state index in [0.29, 0.717) is 24.7 Å². The summed E-state index contributed by atoms with van der Waals surface area (Å²) in [5.41, 5.74) is 7.14. The summed E-state index contributed by atoms with van der Waals surface area (Å²) in [6.07, 6.45) is 6.62. The Morgan fingerprint density at radius 2 is 1.97 bits per heavy atom. The average Bonchev–Trinajstić information content (AvgIpc) is 2.72. The number of ether oxygens (including phenoxy) is 1. The molecule has 2 aromatic carbocycles. The Kier molecular flexibility index (Phi) is 7.93. The first-order valence-electron chi connectivity index (χ1n) is 9.82. The van der Waals surface area contributed by atoms with Gasteiger partial charge in [-0.1, -0.05) is 17.7 Å². The molecule has 0 radical (unpaired) electrons. The van der Waals surface area contributed by atoms with E-state index in [1.807, 2.05) is 48.7 Å². The Hall–Kier alpha value is -2.77. The molecule has 8 heteroatoms. The maximum absolute atomic E-state index is 12.7. The molecule has 0 spiro atoms. The molecule has 3 N–H and O–H groups in total. The number of nitrogens with one attached hydrogen (secondary N) is 1. The second-order valence-electron chi connectivity index (χ2n) is 6.87. The predicted molar refractivity (Wildman–Crippen MR) is 126 cm³/mol. The topological polar surface area (TPSA) is 70.8 Å². The fourth-order valence-electron chi connectivity index (χ4n) is 3.14. The van der Waals surface area contributed by atoms with E-state index in [0.717, 1.165) is 36.4 Å². The van der Waals surface area contributed by atoms with Gasteiger partial charge in [0.05, 0.1) is 6.61 Å². The molecule has 0 aromatic heterocycles.